The molecule has 0 amide bonds. The smallest absolute Gasteiger partial charge is 0.206 e. The Balaban J connectivity index is 1.49. The molecule has 6 aromatic rings. The number of ketones is 1. The average molecular weight is 509 g/mol. The number of carbonyl (C=O) groups excluding carboxylic acids is 1. The normalized spacial score (nSPS) is 11.8. The van der Waals surface area contributed by atoms with Crippen LogP contribution in [0.2, 0.25) is 0 Å². The van der Waals surface area contributed by atoms with E-state index < -0.39 is 5.54 Å². The van der Waals surface area contributed by atoms with Crippen LogP contribution in [0.15, 0.2) is 128 Å². The molecule has 39 heavy (non-hydrogen) atoms. The highest BCUT2D eigenvalue weighted by atomic mass is 16.1. The molecule has 5 nitrogen and oxygen atoms in total. The van der Waals surface area contributed by atoms with Crippen molar-refractivity contribution in [2.75, 3.05) is 0 Å². The summed E-state index contributed by atoms with van der Waals surface area (Å²) in [4.78, 5) is 18.0. The number of nitrogens with zero attached hydrogens (tertiary/aromatic N) is 4. The van der Waals surface area contributed by atoms with E-state index in [0.29, 0.717) is 5.69 Å². The van der Waals surface area contributed by atoms with Gasteiger partial charge in [-0.3, -0.25) is 9.48 Å². The molecule has 0 radical (unpaired) electrons. The van der Waals surface area contributed by atoms with E-state index in [4.69, 9.17) is 4.98 Å². The van der Waals surface area contributed by atoms with E-state index in [0.717, 1.165) is 39.0 Å². The van der Waals surface area contributed by atoms with E-state index >= 15 is 0 Å². The number of carbonyl (C=O) groups is 1. The molecule has 190 valence electrons. The Hall–Kier alpha value is -5.03. The summed E-state index contributed by atoms with van der Waals surface area (Å²) in [5.41, 5.74) is 5.74. The minimum atomic E-state index is -0.659. The first-order valence-corrected chi connectivity index (χ1v) is 13.0. The molecule has 0 N–H and O–H groups in total. The molecule has 0 aliphatic heterocycles. The topological polar surface area (TPSA) is 52.7 Å². The van der Waals surface area contributed by atoms with Gasteiger partial charge in [0, 0.05) is 18.1 Å². The molecule has 2 heterocycles. The lowest BCUT2D eigenvalue weighted by atomic mass is 9.76. The van der Waals surface area contributed by atoms with Gasteiger partial charge in [-0.05, 0) is 41.8 Å². The predicted octanol–water partition coefficient (Wildman–Crippen LogP) is 6.81. The summed E-state index contributed by atoms with van der Waals surface area (Å²) in [7, 11) is 1.85. The molecule has 4 aromatic carbocycles. The second-order valence-corrected chi connectivity index (χ2v) is 9.58. The molecular formula is C34H28N4O. The highest BCUT2D eigenvalue weighted by Crippen LogP contribution is 2.42. The van der Waals surface area contributed by atoms with Crippen LogP contribution in [0.1, 0.15) is 38.6 Å². The number of aryl methyl sites for hydroxylation is 1. The lowest BCUT2D eigenvalue weighted by Crippen LogP contribution is -2.38. The SMILES string of the molecule is Cc1c(C=CC(=O)c2nn(C)c3ccccc23)ncn1C(c1ccccc1)(c1ccccc1)c1ccccc1. The number of benzene rings is 4. The van der Waals surface area contributed by atoms with Crippen molar-refractivity contribution in [1.82, 2.24) is 19.3 Å². The van der Waals surface area contributed by atoms with Gasteiger partial charge < -0.3 is 4.57 Å². The highest BCUT2D eigenvalue weighted by molar-refractivity contribution is 6.13. The fourth-order valence-corrected chi connectivity index (χ4v) is 5.51. The van der Waals surface area contributed by atoms with Crippen molar-refractivity contribution in [3.63, 3.8) is 0 Å². The van der Waals surface area contributed by atoms with Crippen molar-refractivity contribution in [3.05, 3.63) is 161 Å². The van der Waals surface area contributed by atoms with E-state index in [1.807, 2.05) is 55.8 Å². The van der Waals surface area contributed by atoms with Crippen LogP contribution in [0.4, 0.5) is 0 Å². The number of hydrogen-bond acceptors (Lipinski definition) is 3. The molecule has 0 saturated carbocycles. The summed E-state index contributed by atoms with van der Waals surface area (Å²) in [5.74, 6) is -0.152. The molecule has 0 unspecified atom stereocenters. The van der Waals surface area contributed by atoms with E-state index in [1.165, 1.54) is 0 Å². The number of aromatic nitrogens is 4. The monoisotopic (exact) mass is 508 g/mol. The summed E-state index contributed by atoms with van der Waals surface area (Å²) in [6, 6.07) is 39.2. The van der Waals surface area contributed by atoms with E-state index in [1.54, 1.807) is 16.8 Å². The molecule has 6 rings (SSSR count). The Morgan fingerprint density at radius 2 is 1.26 bits per heavy atom. The number of para-hydroxylation sites is 1. The fourth-order valence-electron chi connectivity index (χ4n) is 5.51. The van der Waals surface area contributed by atoms with Gasteiger partial charge >= 0.3 is 0 Å². The molecule has 0 saturated heterocycles. The maximum atomic E-state index is 13.2. The second kappa shape index (κ2) is 10.0. The van der Waals surface area contributed by atoms with Gasteiger partial charge in [-0.2, -0.15) is 5.10 Å². The van der Waals surface area contributed by atoms with Gasteiger partial charge in [0.1, 0.15) is 11.2 Å². The zero-order valence-corrected chi connectivity index (χ0v) is 21.9. The number of imidazole rings is 1. The first kappa shape index (κ1) is 24.3. The molecule has 0 aliphatic carbocycles. The molecule has 0 atom stereocenters. The summed E-state index contributed by atoms with van der Waals surface area (Å²) in [6.45, 7) is 2.05. The van der Waals surface area contributed by atoms with Crippen molar-refractivity contribution in [3.8, 4) is 0 Å². The Morgan fingerprint density at radius 3 is 1.82 bits per heavy atom. The maximum Gasteiger partial charge on any atom is 0.206 e. The van der Waals surface area contributed by atoms with Gasteiger partial charge in [0.25, 0.3) is 0 Å². The Labute approximate surface area is 227 Å². The van der Waals surface area contributed by atoms with Gasteiger partial charge in [-0.1, -0.05) is 109 Å². The van der Waals surface area contributed by atoms with E-state index in [2.05, 4.69) is 89.4 Å². The quantitative estimate of drug-likeness (QED) is 0.135. The van der Waals surface area contributed by atoms with Crippen molar-refractivity contribution in [2.45, 2.75) is 12.5 Å². The maximum absolute atomic E-state index is 13.2. The minimum Gasteiger partial charge on any atom is -0.316 e. The Morgan fingerprint density at radius 1 is 0.744 bits per heavy atom. The first-order chi connectivity index (χ1) is 19.1. The van der Waals surface area contributed by atoms with Gasteiger partial charge in [0.2, 0.25) is 5.78 Å². The molecule has 2 aromatic heterocycles. The third-order valence-electron chi connectivity index (χ3n) is 7.36. The van der Waals surface area contributed by atoms with Crippen LogP contribution in [0.25, 0.3) is 17.0 Å². The van der Waals surface area contributed by atoms with Crippen molar-refractivity contribution in [1.29, 1.82) is 0 Å². The number of rotatable bonds is 7. The van der Waals surface area contributed by atoms with E-state index in [9.17, 15) is 4.79 Å². The number of allylic oxidation sites excluding steroid dienone is 1. The molecular weight excluding hydrogens is 480 g/mol. The van der Waals surface area contributed by atoms with Gasteiger partial charge in [0.15, 0.2) is 0 Å². The largest absolute Gasteiger partial charge is 0.316 e. The lowest BCUT2D eigenvalue weighted by molar-refractivity contribution is 0.104. The highest BCUT2D eigenvalue weighted by Gasteiger charge is 2.39. The van der Waals surface area contributed by atoms with Crippen molar-refractivity contribution >= 4 is 22.8 Å². The molecule has 0 aliphatic rings. The molecule has 0 fully saturated rings. The summed E-state index contributed by atoms with van der Waals surface area (Å²) < 4.78 is 3.96. The number of fused-ring (bicyclic) bond motifs is 1. The van der Waals surface area contributed by atoms with Gasteiger partial charge in [-0.15, -0.1) is 0 Å². The lowest BCUT2D eigenvalue weighted by Gasteiger charge is -2.38. The van der Waals surface area contributed by atoms with Crippen LogP contribution < -0.4 is 0 Å². The molecule has 0 bridgehead atoms. The second-order valence-electron chi connectivity index (χ2n) is 9.58. The van der Waals surface area contributed by atoms with Crippen LogP contribution in [0, 0.1) is 6.92 Å². The molecule has 0 spiro atoms. The summed E-state index contributed by atoms with van der Waals surface area (Å²) in [5, 5.41) is 5.32. The minimum absolute atomic E-state index is 0.152. The van der Waals surface area contributed by atoms with Crippen molar-refractivity contribution < 1.29 is 4.79 Å². The van der Waals surface area contributed by atoms with Gasteiger partial charge in [0.05, 0.1) is 17.5 Å². The van der Waals surface area contributed by atoms with Crippen LogP contribution in [-0.2, 0) is 12.6 Å². The van der Waals surface area contributed by atoms with Crippen LogP contribution in [-0.4, -0.2) is 25.1 Å². The van der Waals surface area contributed by atoms with E-state index in [-0.39, 0.29) is 5.78 Å². The zero-order valence-electron chi connectivity index (χ0n) is 21.9. The van der Waals surface area contributed by atoms with Crippen LogP contribution in [0.3, 0.4) is 0 Å². The van der Waals surface area contributed by atoms with Crippen LogP contribution >= 0.6 is 0 Å². The Kier molecular flexibility index (Phi) is 6.25. The standard InChI is InChI=1S/C34H28N4O/c1-25-30(22-23-32(39)33-29-20-12-13-21-31(29)37(2)36-33)35-24-38(25)34(26-14-6-3-7-15-26,27-16-8-4-9-17-27)28-18-10-5-11-19-28/h3-24H,1-2H3. The summed E-state index contributed by atoms with van der Waals surface area (Å²) >= 11 is 0. The van der Waals surface area contributed by atoms with Gasteiger partial charge in [-0.25, -0.2) is 4.98 Å². The fraction of sp³-hybridized carbons (Fsp3) is 0.0882. The third kappa shape index (κ3) is 4.09. The first-order valence-electron chi connectivity index (χ1n) is 13.0. The number of hydrogen-bond donors (Lipinski definition) is 0. The zero-order chi connectivity index (χ0) is 26.8. The molecule has 5 heteroatoms. The predicted molar refractivity (Wildman–Crippen MR) is 156 cm³/mol. The van der Waals surface area contributed by atoms with Crippen molar-refractivity contribution in [2.24, 2.45) is 7.05 Å². The Bertz CT molecular complexity index is 1680. The van der Waals surface area contributed by atoms with Crippen LogP contribution in [0.5, 0.6) is 0 Å². The third-order valence-corrected chi connectivity index (χ3v) is 7.36. The summed E-state index contributed by atoms with van der Waals surface area (Å²) in [6.07, 6.45) is 5.25. The average Bonchev–Trinajstić information content (AvgIpc) is 3.53.